The van der Waals surface area contributed by atoms with Crippen LogP contribution in [-0.2, 0) is 0 Å². The summed E-state index contributed by atoms with van der Waals surface area (Å²) >= 11 is 0. The first-order valence-corrected chi connectivity index (χ1v) is 8.76. The Morgan fingerprint density at radius 3 is 2.59 bits per heavy atom. The van der Waals surface area contributed by atoms with Crippen molar-refractivity contribution in [1.82, 2.24) is 15.1 Å². The highest BCUT2D eigenvalue weighted by Gasteiger charge is 2.16. The number of non-ortho nitro benzene ring substituents is 1. The van der Waals surface area contributed by atoms with E-state index in [1.807, 2.05) is 13.0 Å². The van der Waals surface area contributed by atoms with Crippen molar-refractivity contribution in [3.63, 3.8) is 0 Å². The molecule has 0 bridgehead atoms. The van der Waals surface area contributed by atoms with E-state index in [9.17, 15) is 14.9 Å². The summed E-state index contributed by atoms with van der Waals surface area (Å²) in [6.45, 7) is 1.84. The fourth-order valence-electron chi connectivity index (χ4n) is 2.81. The first-order chi connectivity index (χ1) is 13.9. The molecule has 1 amide bonds. The van der Waals surface area contributed by atoms with E-state index in [-0.39, 0.29) is 23.3 Å². The van der Waals surface area contributed by atoms with Crippen molar-refractivity contribution in [2.45, 2.75) is 13.0 Å². The number of nitro groups is 1. The van der Waals surface area contributed by atoms with Crippen LogP contribution in [0.4, 0.5) is 5.69 Å². The summed E-state index contributed by atoms with van der Waals surface area (Å²) in [5.74, 6) is 0.808. The number of carbonyl (C=O) groups excluding carboxylic acids is 1. The molecule has 1 atom stereocenters. The quantitative estimate of drug-likeness (QED) is 0.485. The van der Waals surface area contributed by atoms with Gasteiger partial charge in [0.05, 0.1) is 30.9 Å². The Labute approximate surface area is 167 Å². The lowest BCUT2D eigenvalue weighted by Crippen LogP contribution is -2.27. The van der Waals surface area contributed by atoms with E-state index >= 15 is 0 Å². The smallest absolute Gasteiger partial charge is 0.272 e. The zero-order valence-corrected chi connectivity index (χ0v) is 16.2. The third-order valence-electron chi connectivity index (χ3n) is 4.38. The largest absolute Gasteiger partial charge is 0.493 e. The van der Waals surface area contributed by atoms with Crippen LogP contribution < -0.4 is 14.8 Å². The zero-order valence-electron chi connectivity index (χ0n) is 16.2. The summed E-state index contributed by atoms with van der Waals surface area (Å²) in [5, 5.41) is 18.0. The van der Waals surface area contributed by atoms with Crippen LogP contribution in [0.25, 0.3) is 5.69 Å². The van der Waals surface area contributed by atoms with Crippen molar-refractivity contribution in [3.8, 4) is 17.2 Å². The van der Waals surface area contributed by atoms with E-state index < -0.39 is 4.92 Å². The molecule has 3 aromatic rings. The lowest BCUT2D eigenvalue weighted by molar-refractivity contribution is -0.384. The molecule has 9 nitrogen and oxygen atoms in total. The molecule has 1 unspecified atom stereocenters. The Morgan fingerprint density at radius 2 is 1.90 bits per heavy atom. The van der Waals surface area contributed by atoms with Crippen LogP contribution in [0.2, 0.25) is 0 Å². The van der Waals surface area contributed by atoms with Gasteiger partial charge >= 0.3 is 0 Å². The number of ether oxygens (including phenoxy) is 2. The van der Waals surface area contributed by atoms with Gasteiger partial charge in [0, 0.05) is 18.3 Å². The summed E-state index contributed by atoms with van der Waals surface area (Å²) in [7, 11) is 3.10. The number of methoxy groups -OCH3 is 2. The lowest BCUT2D eigenvalue weighted by atomic mass is 10.1. The third kappa shape index (κ3) is 4.34. The average molecular weight is 396 g/mol. The molecule has 0 aliphatic carbocycles. The highest BCUT2D eigenvalue weighted by Crippen LogP contribution is 2.30. The van der Waals surface area contributed by atoms with Gasteiger partial charge in [0.2, 0.25) is 0 Å². The molecule has 29 heavy (non-hydrogen) atoms. The number of nitrogens with zero attached hydrogens (tertiary/aromatic N) is 3. The zero-order chi connectivity index (χ0) is 21.0. The Morgan fingerprint density at radius 1 is 1.14 bits per heavy atom. The van der Waals surface area contributed by atoms with Crippen LogP contribution in [0.3, 0.4) is 0 Å². The number of nitro benzene ring substituents is 1. The number of carbonyl (C=O) groups is 1. The van der Waals surface area contributed by atoms with Gasteiger partial charge in [0.1, 0.15) is 0 Å². The summed E-state index contributed by atoms with van der Waals surface area (Å²) < 4.78 is 11.9. The average Bonchev–Trinajstić information content (AvgIpc) is 3.23. The van der Waals surface area contributed by atoms with Gasteiger partial charge in [-0.05, 0) is 36.8 Å². The highest BCUT2D eigenvalue weighted by molar-refractivity contribution is 5.92. The molecule has 1 N–H and O–H groups in total. The van der Waals surface area contributed by atoms with Gasteiger partial charge in [-0.2, -0.15) is 5.10 Å². The minimum atomic E-state index is -0.481. The molecular formula is C20H20N4O5. The second-order valence-corrected chi connectivity index (χ2v) is 6.23. The standard InChI is InChI=1S/C20H20N4O5/c1-13(14-7-8-18(28-2)19(11-14)29-3)21-20(25)17-9-10-23(22-17)15-5-4-6-16(12-15)24(26)27/h4-13H,1-3H3,(H,21,25). The molecule has 9 heteroatoms. The predicted octanol–water partition coefficient (Wildman–Crippen LogP) is 3.29. The molecule has 0 fully saturated rings. The van der Waals surface area contributed by atoms with Crippen molar-refractivity contribution in [3.05, 3.63) is 76.1 Å². The minimum Gasteiger partial charge on any atom is -0.493 e. The van der Waals surface area contributed by atoms with Crippen LogP contribution in [0.1, 0.15) is 29.0 Å². The molecule has 1 heterocycles. The summed E-state index contributed by atoms with van der Waals surface area (Å²) in [6, 6.07) is 12.7. The number of nitrogens with one attached hydrogen (secondary N) is 1. The van der Waals surface area contributed by atoms with Gasteiger partial charge in [-0.15, -0.1) is 0 Å². The van der Waals surface area contributed by atoms with Crippen LogP contribution in [0.5, 0.6) is 11.5 Å². The summed E-state index contributed by atoms with van der Waals surface area (Å²) in [4.78, 5) is 23.0. The van der Waals surface area contributed by atoms with Crippen LogP contribution in [-0.4, -0.2) is 34.8 Å². The molecule has 0 saturated heterocycles. The van der Waals surface area contributed by atoms with E-state index in [4.69, 9.17) is 9.47 Å². The van der Waals surface area contributed by atoms with Crippen LogP contribution >= 0.6 is 0 Å². The second-order valence-electron chi connectivity index (χ2n) is 6.23. The van der Waals surface area contributed by atoms with Crippen molar-refractivity contribution >= 4 is 11.6 Å². The van der Waals surface area contributed by atoms with Crippen LogP contribution in [0, 0.1) is 10.1 Å². The molecule has 3 rings (SSSR count). The first kappa shape index (κ1) is 19.9. The van der Waals surface area contributed by atoms with Crippen LogP contribution in [0.15, 0.2) is 54.7 Å². The lowest BCUT2D eigenvalue weighted by Gasteiger charge is -2.16. The Kier molecular flexibility index (Phi) is 5.77. The Hall–Kier alpha value is -3.88. The van der Waals surface area contributed by atoms with E-state index in [0.717, 1.165) is 5.56 Å². The molecule has 0 spiro atoms. The fourth-order valence-corrected chi connectivity index (χ4v) is 2.81. The van der Waals surface area contributed by atoms with Crippen molar-refractivity contribution in [2.24, 2.45) is 0 Å². The predicted molar refractivity (Wildman–Crippen MR) is 106 cm³/mol. The fraction of sp³-hybridized carbons (Fsp3) is 0.200. The topological polar surface area (TPSA) is 109 Å². The van der Waals surface area contributed by atoms with E-state index in [0.29, 0.717) is 17.2 Å². The maximum atomic E-state index is 12.6. The van der Waals surface area contributed by atoms with Crippen molar-refractivity contribution in [2.75, 3.05) is 14.2 Å². The summed E-state index contributed by atoms with van der Waals surface area (Å²) in [6.07, 6.45) is 1.58. The third-order valence-corrected chi connectivity index (χ3v) is 4.38. The molecular weight excluding hydrogens is 376 g/mol. The maximum absolute atomic E-state index is 12.6. The van der Waals surface area contributed by atoms with Gasteiger partial charge < -0.3 is 14.8 Å². The van der Waals surface area contributed by atoms with Gasteiger partial charge in [-0.1, -0.05) is 12.1 Å². The van der Waals surface area contributed by atoms with E-state index in [1.165, 1.54) is 16.8 Å². The molecule has 0 aliphatic heterocycles. The minimum absolute atomic E-state index is 0.0499. The number of hydrogen-bond acceptors (Lipinski definition) is 6. The molecule has 0 radical (unpaired) electrons. The molecule has 0 saturated carbocycles. The van der Waals surface area contributed by atoms with Gasteiger partial charge in [0.15, 0.2) is 17.2 Å². The van der Waals surface area contributed by atoms with Gasteiger partial charge in [-0.25, -0.2) is 4.68 Å². The number of hydrogen-bond donors (Lipinski definition) is 1. The molecule has 1 aromatic heterocycles. The van der Waals surface area contributed by atoms with E-state index in [1.54, 1.807) is 50.7 Å². The molecule has 150 valence electrons. The number of benzene rings is 2. The number of aromatic nitrogens is 2. The van der Waals surface area contributed by atoms with Crippen molar-refractivity contribution in [1.29, 1.82) is 0 Å². The number of amides is 1. The Balaban J connectivity index is 1.75. The second kappa shape index (κ2) is 8.42. The highest BCUT2D eigenvalue weighted by atomic mass is 16.6. The number of rotatable bonds is 7. The van der Waals surface area contributed by atoms with Crippen molar-refractivity contribution < 1.29 is 19.2 Å². The molecule has 0 aliphatic rings. The summed E-state index contributed by atoms with van der Waals surface area (Å²) in [5.41, 5.74) is 1.48. The molecule has 2 aromatic carbocycles. The van der Waals surface area contributed by atoms with Gasteiger partial charge in [0.25, 0.3) is 11.6 Å². The van der Waals surface area contributed by atoms with E-state index in [2.05, 4.69) is 10.4 Å². The SMILES string of the molecule is COc1ccc(C(C)NC(=O)c2ccn(-c3cccc([N+](=O)[O-])c3)n2)cc1OC. The monoisotopic (exact) mass is 396 g/mol. The first-order valence-electron chi connectivity index (χ1n) is 8.76. The van der Waals surface area contributed by atoms with Gasteiger partial charge in [-0.3, -0.25) is 14.9 Å². The maximum Gasteiger partial charge on any atom is 0.272 e. The Bertz CT molecular complexity index is 1050. The normalized spacial score (nSPS) is 11.6.